The molecule has 15 heavy (non-hydrogen) atoms. The molecule has 0 spiro atoms. The van der Waals surface area contributed by atoms with Crippen LogP contribution in [0.2, 0.25) is 0 Å². The van der Waals surface area contributed by atoms with Gasteiger partial charge in [0.25, 0.3) is 0 Å². The molecule has 0 saturated carbocycles. The molecule has 0 aliphatic carbocycles. The first-order valence-electron chi connectivity index (χ1n) is 4.76. The van der Waals surface area contributed by atoms with Crippen molar-refractivity contribution in [2.45, 2.75) is 26.3 Å². The van der Waals surface area contributed by atoms with Crippen LogP contribution in [0.3, 0.4) is 0 Å². The fourth-order valence-corrected chi connectivity index (χ4v) is 1.95. The Hall–Kier alpha value is -0.120. The van der Waals surface area contributed by atoms with E-state index in [1.807, 2.05) is 0 Å². The van der Waals surface area contributed by atoms with Crippen molar-refractivity contribution in [1.82, 2.24) is 0 Å². The fourth-order valence-electron chi connectivity index (χ4n) is 1.33. The Morgan fingerprint density at radius 1 is 1.47 bits per heavy atom. The van der Waals surface area contributed by atoms with Crippen molar-refractivity contribution in [1.29, 1.82) is 0 Å². The Morgan fingerprint density at radius 3 is 2.53 bits per heavy atom. The molecule has 1 aromatic carbocycles. The molecule has 0 aliphatic rings. The van der Waals surface area contributed by atoms with E-state index in [9.17, 15) is 4.39 Å². The van der Waals surface area contributed by atoms with Gasteiger partial charge in [0.15, 0.2) is 0 Å². The highest BCUT2D eigenvalue weighted by Gasteiger charge is 2.15. The summed E-state index contributed by atoms with van der Waals surface area (Å²) in [6.07, 6.45) is 1.02. The maximum absolute atomic E-state index is 12.8. The van der Waals surface area contributed by atoms with Gasteiger partial charge in [-0.05, 0) is 23.6 Å². The van der Waals surface area contributed by atoms with E-state index in [2.05, 4.69) is 29.8 Å². The molecule has 1 rings (SSSR count). The van der Waals surface area contributed by atoms with Gasteiger partial charge in [-0.2, -0.15) is 0 Å². The number of nitrogens with two attached hydrogens (primary N) is 1. The molecule has 0 aromatic heterocycles. The van der Waals surface area contributed by atoms with E-state index in [0.29, 0.717) is 5.92 Å². The van der Waals surface area contributed by atoms with Gasteiger partial charge in [-0.15, -0.1) is 12.4 Å². The van der Waals surface area contributed by atoms with Crippen LogP contribution in [0, 0.1) is 11.7 Å². The average Bonchev–Trinajstić information content (AvgIpc) is 2.15. The molecule has 0 heterocycles. The van der Waals surface area contributed by atoms with Crippen LogP contribution in [0.15, 0.2) is 22.7 Å². The Kier molecular flexibility index (Phi) is 6.41. The summed E-state index contributed by atoms with van der Waals surface area (Å²) in [7, 11) is 0. The minimum Gasteiger partial charge on any atom is -0.324 e. The Balaban J connectivity index is 0.00000196. The van der Waals surface area contributed by atoms with E-state index in [0.717, 1.165) is 16.5 Å². The van der Waals surface area contributed by atoms with Gasteiger partial charge in [0.1, 0.15) is 5.82 Å². The first-order chi connectivity index (χ1) is 6.56. The summed E-state index contributed by atoms with van der Waals surface area (Å²) in [5, 5.41) is 0. The molecule has 1 unspecified atom stereocenters. The van der Waals surface area contributed by atoms with Crippen molar-refractivity contribution >= 4 is 28.3 Å². The summed E-state index contributed by atoms with van der Waals surface area (Å²) >= 11 is 3.33. The molecule has 1 nitrogen and oxygen atoms in total. The lowest BCUT2D eigenvalue weighted by Gasteiger charge is -2.19. The fraction of sp³-hybridized carbons (Fsp3) is 0.455. The summed E-state index contributed by atoms with van der Waals surface area (Å²) in [6, 6.07) is 4.62. The van der Waals surface area contributed by atoms with Crippen LogP contribution in [0.5, 0.6) is 0 Å². The van der Waals surface area contributed by atoms with Gasteiger partial charge in [-0.3, -0.25) is 0 Å². The molecule has 2 N–H and O–H groups in total. The van der Waals surface area contributed by atoms with Crippen LogP contribution >= 0.6 is 28.3 Å². The highest BCUT2D eigenvalue weighted by Crippen LogP contribution is 2.28. The van der Waals surface area contributed by atoms with E-state index in [4.69, 9.17) is 5.73 Å². The van der Waals surface area contributed by atoms with Crippen molar-refractivity contribution in [2.75, 3.05) is 0 Å². The summed E-state index contributed by atoms with van der Waals surface area (Å²) in [5.41, 5.74) is 7.02. The first-order valence-corrected chi connectivity index (χ1v) is 5.56. The molecule has 0 radical (unpaired) electrons. The molecule has 0 fully saturated rings. The number of benzene rings is 1. The summed E-state index contributed by atoms with van der Waals surface area (Å²) < 4.78 is 13.6. The van der Waals surface area contributed by atoms with Crippen molar-refractivity contribution in [3.63, 3.8) is 0 Å². The van der Waals surface area contributed by atoms with Gasteiger partial charge < -0.3 is 5.73 Å². The van der Waals surface area contributed by atoms with Crippen LogP contribution in [-0.4, -0.2) is 0 Å². The third-order valence-electron chi connectivity index (χ3n) is 2.58. The summed E-state index contributed by atoms with van der Waals surface area (Å²) in [5.74, 6) is 0.161. The van der Waals surface area contributed by atoms with Crippen LogP contribution in [0.25, 0.3) is 0 Å². The van der Waals surface area contributed by atoms with Crippen molar-refractivity contribution in [3.05, 3.63) is 34.1 Å². The van der Waals surface area contributed by atoms with Gasteiger partial charge in [-0.25, -0.2) is 4.39 Å². The topological polar surface area (TPSA) is 26.0 Å². The van der Waals surface area contributed by atoms with Gasteiger partial charge in [0.2, 0.25) is 0 Å². The lowest BCUT2D eigenvalue weighted by Crippen LogP contribution is -2.19. The van der Waals surface area contributed by atoms with Crippen LogP contribution in [0.1, 0.15) is 31.9 Å². The number of rotatable bonds is 3. The zero-order valence-electron chi connectivity index (χ0n) is 8.84. The largest absolute Gasteiger partial charge is 0.324 e. The number of hydrogen-bond acceptors (Lipinski definition) is 1. The molecule has 86 valence electrons. The first kappa shape index (κ1) is 14.9. The molecule has 2 atom stereocenters. The van der Waals surface area contributed by atoms with E-state index in [-0.39, 0.29) is 24.3 Å². The van der Waals surface area contributed by atoms with Gasteiger partial charge in [0.05, 0.1) is 0 Å². The quantitative estimate of drug-likeness (QED) is 0.894. The van der Waals surface area contributed by atoms with E-state index in [1.54, 1.807) is 6.07 Å². The zero-order valence-corrected chi connectivity index (χ0v) is 11.2. The van der Waals surface area contributed by atoms with Crippen molar-refractivity contribution < 1.29 is 4.39 Å². The second kappa shape index (κ2) is 6.46. The smallest absolute Gasteiger partial charge is 0.124 e. The van der Waals surface area contributed by atoms with Crippen molar-refractivity contribution in [3.8, 4) is 0 Å². The number of halogens is 3. The number of hydrogen-bond donors (Lipinski definition) is 1. The minimum atomic E-state index is -0.239. The Morgan fingerprint density at radius 2 is 2.07 bits per heavy atom. The highest BCUT2D eigenvalue weighted by molar-refractivity contribution is 9.10. The maximum Gasteiger partial charge on any atom is 0.124 e. The Bertz CT molecular complexity index is 319. The normalized spacial score (nSPS) is 14.2. The average molecular weight is 297 g/mol. The van der Waals surface area contributed by atoms with Gasteiger partial charge in [-0.1, -0.05) is 42.3 Å². The third-order valence-corrected chi connectivity index (χ3v) is 3.27. The predicted octanol–water partition coefficient (Wildman–Crippen LogP) is 4.06. The third kappa shape index (κ3) is 3.74. The van der Waals surface area contributed by atoms with Crippen LogP contribution in [-0.2, 0) is 0 Å². The molecule has 0 saturated heterocycles. The highest BCUT2D eigenvalue weighted by atomic mass is 79.9. The van der Waals surface area contributed by atoms with E-state index < -0.39 is 0 Å². The minimum absolute atomic E-state index is 0. The predicted molar refractivity (Wildman–Crippen MR) is 67.7 cm³/mol. The van der Waals surface area contributed by atoms with Crippen LogP contribution in [0.4, 0.5) is 4.39 Å². The van der Waals surface area contributed by atoms with Crippen LogP contribution < -0.4 is 5.73 Å². The van der Waals surface area contributed by atoms with E-state index >= 15 is 0 Å². The summed E-state index contributed by atoms with van der Waals surface area (Å²) in [6.45, 7) is 4.20. The lowest BCUT2D eigenvalue weighted by molar-refractivity contribution is 0.455. The maximum atomic E-state index is 12.8. The Labute approximate surface area is 105 Å². The zero-order chi connectivity index (χ0) is 10.7. The molecule has 0 bridgehead atoms. The molecular formula is C11H16BrClFN. The molecular weight excluding hydrogens is 280 g/mol. The van der Waals surface area contributed by atoms with E-state index in [1.165, 1.54) is 12.1 Å². The second-order valence-electron chi connectivity index (χ2n) is 3.58. The molecule has 0 amide bonds. The molecule has 4 heteroatoms. The molecule has 1 aromatic rings. The van der Waals surface area contributed by atoms with Gasteiger partial charge >= 0.3 is 0 Å². The van der Waals surface area contributed by atoms with Gasteiger partial charge in [0, 0.05) is 10.5 Å². The monoisotopic (exact) mass is 295 g/mol. The summed E-state index contributed by atoms with van der Waals surface area (Å²) in [4.78, 5) is 0. The SMILES string of the molecule is CCC(C)[C@H](N)c1ccc(F)cc1Br.Cl. The molecule has 0 aliphatic heterocycles. The van der Waals surface area contributed by atoms with Crippen molar-refractivity contribution in [2.24, 2.45) is 11.7 Å². The second-order valence-corrected chi connectivity index (χ2v) is 4.43. The lowest BCUT2D eigenvalue weighted by atomic mass is 9.93. The standard InChI is InChI=1S/C11H15BrFN.ClH/c1-3-7(2)11(14)9-5-4-8(13)6-10(9)12;/h4-7,11H,3,14H2,1-2H3;1H/t7?,11-;/m0./s1.